The summed E-state index contributed by atoms with van der Waals surface area (Å²) in [7, 11) is 1.48. The first-order chi connectivity index (χ1) is 6.33. The Morgan fingerprint density at radius 3 is 2.64 bits per heavy atom. The van der Waals surface area contributed by atoms with Crippen molar-refractivity contribution in [2.45, 2.75) is 17.2 Å². The number of carboxylic acid groups (broad SMARTS) is 1. The van der Waals surface area contributed by atoms with Crippen molar-refractivity contribution < 1.29 is 18.7 Å². The highest BCUT2D eigenvalue weighted by molar-refractivity contribution is 8.01. The molecule has 0 unspecified atom stereocenters. The van der Waals surface area contributed by atoms with Crippen LogP contribution in [-0.2, 0) is 11.8 Å². The number of rotatable bonds is 3. The van der Waals surface area contributed by atoms with Crippen molar-refractivity contribution in [2.24, 2.45) is 7.05 Å². The summed E-state index contributed by atoms with van der Waals surface area (Å²) >= 11 is -0.0310. The monoisotopic (exact) mass is 222 g/mol. The zero-order chi connectivity index (χ0) is 10.9. The summed E-state index contributed by atoms with van der Waals surface area (Å²) in [5.41, 5.74) is 0.566. The topological polar surface area (TPSA) is 55.1 Å². The molecule has 1 N–H and O–H groups in total. The lowest BCUT2D eigenvalue weighted by molar-refractivity contribution is -0.152. The second-order valence-electron chi connectivity index (χ2n) is 2.67. The van der Waals surface area contributed by atoms with Gasteiger partial charge in [0.15, 0.2) is 0 Å². The molecule has 14 heavy (non-hydrogen) atoms. The standard InChI is InChI=1S/C7H8F2N2O2S/c1-4-3-5(11(2)10-4)14-7(8,9)6(12)13/h3H,1-2H3,(H,12,13). The average molecular weight is 222 g/mol. The van der Waals surface area contributed by atoms with Crippen LogP contribution in [0.25, 0.3) is 0 Å². The number of thioether (sulfide) groups is 1. The summed E-state index contributed by atoms with van der Waals surface area (Å²) in [6.07, 6.45) is 0. The van der Waals surface area contributed by atoms with Crippen LogP contribution in [0, 0.1) is 6.92 Å². The molecule has 1 heterocycles. The Kier molecular flexibility index (Phi) is 2.79. The maximum Gasteiger partial charge on any atom is 0.394 e. The van der Waals surface area contributed by atoms with Gasteiger partial charge in [-0.3, -0.25) is 4.68 Å². The van der Waals surface area contributed by atoms with Crippen LogP contribution in [0.15, 0.2) is 11.1 Å². The van der Waals surface area contributed by atoms with Crippen molar-refractivity contribution in [2.75, 3.05) is 0 Å². The summed E-state index contributed by atoms with van der Waals surface area (Å²) in [4.78, 5) is 10.1. The van der Waals surface area contributed by atoms with Gasteiger partial charge < -0.3 is 5.11 Å². The first-order valence-electron chi connectivity index (χ1n) is 3.64. The zero-order valence-electron chi connectivity index (χ0n) is 7.49. The van der Waals surface area contributed by atoms with Gasteiger partial charge in [0.2, 0.25) is 0 Å². The first kappa shape index (κ1) is 11.0. The van der Waals surface area contributed by atoms with Crippen LogP contribution in [0.4, 0.5) is 8.78 Å². The van der Waals surface area contributed by atoms with E-state index in [1.807, 2.05) is 0 Å². The molecule has 0 aliphatic carbocycles. The highest BCUT2D eigenvalue weighted by Crippen LogP contribution is 2.35. The summed E-state index contributed by atoms with van der Waals surface area (Å²) in [5, 5.41) is 8.32. The predicted molar refractivity (Wildman–Crippen MR) is 46.4 cm³/mol. The molecule has 0 fully saturated rings. The van der Waals surface area contributed by atoms with E-state index in [1.54, 1.807) is 6.92 Å². The fourth-order valence-corrected chi connectivity index (χ4v) is 1.61. The van der Waals surface area contributed by atoms with Gasteiger partial charge in [0.05, 0.1) is 5.69 Å². The second kappa shape index (κ2) is 3.56. The molecule has 0 amide bonds. The van der Waals surface area contributed by atoms with Gasteiger partial charge >= 0.3 is 11.2 Å². The van der Waals surface area contributed by atoms with Crippen molar-refractivity contribution in [1.29, 1.82) is 0 Å². The molecule has 0 radical (unpaired) electrons. The normalized spacial score (nSPS) is 11.7. The summed E-state index contributed by atoms with van der Waals surface area (Å²) < 4.78 is 26.7. The number of alkyl halides is 2. The fraction of sp³-hybridized carbons (Fsp3) is 0.429. The van der Waals surface area contributed by atoms with Gasteiger partial charge in [-0.15, -0.1) is 0 Å². The third-order valence-electron chi connectivity index (χ3n) is 1.44. The van der Waals surface area contributed by atoms with Crippen LogP contribution in [0.3, 0.4) is 0 Å². The molecule has 0 aliphatic rings. The molecule has 0 saturated carbocycles. The second-order valence-corrected chi connectivity index (χ2v) is 3.81. The van der Waals surface area contributed by atoms with E-state index in [0.717, 1.165) is 0 Å². The highest BCUT2D eigenvalue weighted by atomic mass is 32.2. The van der Waals surface area contributed by atoms with E-state index in [0.29, 0.717) is 5.69 Å². The Hall–Kier alpha value is -1.11. The molecule has 1 aromatic heterocycles. The molecule has 78 valence electrons. The lowest BCUT2D eigenvalue weighted by atomic mass is 10.5. The molecule has 0 bridgehead atoms. The molecular weight excluding hydrogens is 214 g/mol. The zero-order valence-corrected chi connectivity index (χ0v) is 8.31. The minimum absolute atomic E-state index is 0.0310. The lowest BCUT2D eigenvalue weighted by Crippen LogP contribution is -2.24. The van der Waals surface area contributed by atoms with E-state index < -0.39 is 11.2 Å². The van der Waals surface area contributed by atoms with Crippen LogP contribution in [0.5, 0.6) is 0 Å². The Bertz CT molecular complexity index is 365. The molecule has 1 aromatic rings. The van der Waals surface area contributed by atoms with Crippen LogP contribution < -0.4 is 0 Å². The van der Waals surface area contributed by atoms with E-state index >= 15 is 0 Å². The summed E-state index contributed by atoms with van der Waals surface area (Å²) in [6, 6.07) is 1.40. The third kappa shape index (κ3) is 2.22. The number of hydrogen-bond acceptors (Lipinski definition) is 3. The molecule has 4 nitrogen and oxygen atoms in total. The number of aliphatic carboxylic acids is 1. The fourth-order valence-electron chi connectivity index (χ4n) is 0.857. The summed E-state index contributed by atoms with van der Waals surface area (Å²) in [6.45, 7) is 1.64. The van der Waals surface area contributed by atoms with Gasteiger partial charge in [0, 0.05) is 7.05 Å². The van der Waals surface area contributed by atoms with E-state index in [2.05, 4.69) is 5.10 Å². The molecule has 0 atom stereocenters. The van der Waals surface area contributed by atoms with Gasteiger partial charge in [-0.1, -0.05) is 0 Å². The molecule has 0 aromatic carbocycles. The van der Waals surface area contributed by atoms with E-state index in [4.69, 9.17) is 5.11 Å². The van der Waals surface area contributed by atoms with Crippen molar-refractivity contribution >= 4 is 17.7 Å². The summed E-state index contributed by atoms with van der Waals surface area (Å²) in [5.74, 6) is -2.15. The van der Waals surface area contributed by atoms with Crippen molar-refractivity contribution in [3.8, 4) is 0 Å². The number of carbonyl (C=O) groups is 1. The average Bonchev–Trinajstić information content (AvgIpc) is 2.29. The minimum atomic E-state index is -3.82. The number of hydrogen-bond donors (Lipinski definition) is 1. The van der Waals surface area contributed by atoms with E-state index in [9.17, 15) is 13.6 Å². The molecule has 0 spiro atoms. The van der Waals surface area contributed by atoms with Crippen molar-refractivity contribution in [3.05, 3.63) is 11.8 Å². The SMILES string of the molecule is Cc1cc(SC(F)(F)C(=O)O)n(C)n1. The van der Waals surface area contributed by atoms with Crippen molar-refractivity contribution in [1.82, 2.24) is 9.78 Å². The number of halogens is 2. The predicted octanol–water partition coefficient (Wildman–Crippen LogP) is 1.50. The quantitative estimate of drug-likeness (QED) is 0.787. The lowest BCUT2D eigenvalue weighted by Gasteiger charge is -2.09. The molecule has 0 saturated heterocycles. The Morgan fingerprint density at radius 1 is 1.71 bits per heavy atom. The van der Waals surface area contributed by atoms with Crippen LogP contribution in [0.1, 0.15) is 5.69 Å². The van der Waals surface area contributed by atoms with E-state index in [-0.39, 0.29) is 16.8 Å². The van der Waals surface area contributed by atoms with Crippen molar-refractivity contribution in [3.63, 3.8) is 0 Å². The van der Waals surface area contributed by atoms with Gasteiger partial charge in [0.1, 0.15) is 5.03 Å². The Labute approximate surface area is 82.9 Å². The van der Waals surface area contributed by atoms with Gasteiger partial charge in [-0.25, -0.2) is 4.79 Å². The number of carboxylic acids is 1. The largest absolute Gasteiger partial charge is 0.476 e. The van der Waals surface area contributed by atoms with Gasteiger partial charge in [-0.05, 0) is 24.8 Å². The smallest absolute Gasteiger partial charge is 0.394 e. The van der Waals surface area contributed by atoms with Gasteiger partial charge in [0.25, 0.3) is 0 Å². The Balaban J connectivity index is 2.88. The van der Waals surface area contributed by atoms with Crippen LogP contribution >= 0.6 is 11.8 Å². The Morgan fingerprint density at radius 2 is 2.29 bits per heavy atom. The molecule has 0 aliphatic heterocycles. The third-order valence-corrected chi connectivity index (χ3v) is 2.46. The number of nitrogens with zero attached hydrogens (tertiary/aromatic N) is 2. The van der Waals surface area contributed by atoms with Crippen LogP contribution in [0.2, 0.25) is 0 Å². The molecule has 1 rings (SSSR count). The molecular formula is C7H8F2N2O2S. The number of aromatic nitrogens is 2. The van der Waals surface area contributed by atoms with E-state index in [1.165, 1.54) is 17.8 Å². The minimum Gasteiger partial charge on any atom is -0.476 e. The first-order valence-corrected chi connectivity index (χ1v) is 4.45. The highest BCUT2D eigenvalue weighted by Gasteiger charge is 2.41. The number of aryl methyl sites for hydroxylation is 2. The maximum atomic E-state index is 12.7. The van der Waals surface area contributed by atoms with Gasteiger partial charge in [-0.2, -0.15) is 13.9 Å². The maximum absolute atomic E-state index is 12.7. The van der Waals surface area contributed by atoms with Crippen LogP contribution in [-0.4, -0.2) is 26.1 Å². The molecule has 7 heteroatoms.